The Kier molecular flexibility index (Phi) is 2.37. The Morgan fingerprint density at radius 1 is 1.21 bits per heavy atom. The molecule has 0 saturated heterocycles. The van der Waals surface area contributed by atoms with Crippen LogP contribution < -0.4 is 0 Å². The Hall–Kier alpha value is -1.16. The summed E-state index contributed by atoms with van der Waals surface area (Å²) in [5, 5.41) is 4.29. The molecule has 0 amide bonds. The molecule has 0 aromatic carbocycles. The molecule has 0 saturated carbocycles. The number of hydrogen-bond donors (Lipinski definition) is 0. The van der Waals surface area contributed by atoms with Crippen molar-refractivity contribution in [3.05, 3.63) is 40.3 Å². The summed E-state index contributed by atoms with van der Waals surface area (Å²) in [4.78, 5) is 4.41. The number of nitrogens with zero attached hydrogens (tertiary/aromatic N) is 3. The second-order valence-corrected chi connectivity index (χ2v) is 3.99. The maximum absolute atomic E-state index is 4.41. The first-order valence-electron chi connectivity index (χ1n) is 4.32. The van der Waals surface area contributed by atoms with Gasteiger partial charge in [0.25, 0.3) is 0 Å². The molecule has 0 bridgehead atoms. The Morgan fingerprint density at radius 3 is 2.57 bits per heavy atom. The number of rotatable bonds is 1. The van der Waals surface area contributed by atoms with Crippen LogP contribution in [-0.4, -0.2) is 14.8 Å². The lowest BCUT2D eigenvalue weighted by Crippen LogP contribution is -1.99. The third kappa shape index (κ3) is 1.70. The van der Waals surface area contributed by atoms with E-state index in [0.29, 0.717) is 0 Å². The molecular weight excluding hydrogens is 242 g/mol. The highest BCUT2D eigenvalue weighted by molar-refractivity contribution is 9.10. The van der Waals surface area contributed by atoms with Gasteiger partial charge in [-0.25, -0.2) is 9.67 Å². The molecule has 0 aliphatic heterocycles. The molecular formula is C10H10BrN3. The average Bonchev–Trinajstić information content (AvgIpc) is 2.57. The SMILES string of the molecule is Cc1ccn(-c2ccc(Br)c(C)n2)n1. The zero-order valence-electron chi connectivity index (χ0n) is 8.03. The maximum atomic E-state index is 4.41. The van der Waals surface area contributed by atoms with E-state index in [1.54, 1.807) is 4.68 Å². The van der Waals surface area contributed by atoms with Gasteiger partial charge >= 0.3 is 0 Å². The minimum atomic E-state index is 0.846. The first-order valence-corrected chi connectivity index (χ1v) is 5.12. The standard InChI is InChI=1S/C10H10BrN3/c1-7-5-6-14(13-7)10-4-3-9(11)8(2)12-10/h3-6H,1-2H3. The summed E-state index contributed by atoms with van der Waals surface area (Å²) in [7, 11) is 0. The minimum Gasteiger partial charge on any atom is -0.233 e. The van der Waals surface area contributed by atoms with Crippen molar-refractivity contribution in [1.82, 2.24) is 14.8 Å². The van der Waals surface area contributed by atoms with Gasteiger partial charge < -0.3 is 0 Å². The number of hydrogen-bond acceptors (Lipinski definition) is 2. The molecule has 4 heteroatoms. The second-order valence-electron chi connectivity index (χ2n) is 3.14. The highest BCUT2D eigenvalue weighted by Gasteiger charge is 2.01. The van der Waals surface area contributed by atoms with E-state index < -0.39 is 0 Å². The van der Waals surface area contributed by atoms with E-state index in [9.17, 15) is 0 Å². The number of halogens is 1. The summed E-state index contributed by atoms with van der Waals surface area (Å²) in [5.41, 5.74) is 1.96. The third-order valence-electron chi connectivity index (χ3n) is 1.96. The molecule has 0 atom stereocenters. The van der Waals surface area contributed by atoms with E-state index in [4.69, 9.17) is 0 Å². The molecule has 0 aliphatic carbocycles. The topological polar surface area (TPSA) is 30.7 Å². The van der Waals surface area contributed by atoms with Gasteiger partial charge in [0.1, 0.15) is 0 Å². The Labute approximate surface area is 90.9 Å². The second kappa shape index (κ2) is 3.53. The van der Waals surface area contributed by atoms with Crippen LogP contribution >= 0.6 is 15.9 Å². The van der Waals surface area contributed by atoms with Crippen LogP contribution in [0.15, 0.2) is 28.9 Å². The highest BCUT2D eigenvalue weighted by Crippen LogP contribution is 2.15. The summed E-state index contributed by atoms with van der Waals surface area (Å²) in [6.45, 7) is 3.92. The largest absolute Gasteiger partial charge is 0.233 e. The average molecular weight is 252 g/mol. The molecule has 2 rings (SSSR count). The predicted molar refractivity (Wildman–Crippen MR) is 58.5 cm³/mol. The third-order valence-corrected chi connectivity index (χ3v) is 2.80. The Bertz CT molecular complexity index is 462. The monoisotopic (exact) mass is 251 g/mol. The van der Waals surface area contributed by atoms with Gasteiger partial charge in [0.15, 0.2) is 5.82 Å². The van der Waals surface area contributed by atoms with E-state index in [2.05, 4.69) is 26.0 Å². The van der Waals surface area contributed by atoms with Gasteiger partial charge in [0.05, 0.1) is 11.4 Å². The summed E-state index contributed by atoms with van der Waals surface area (Å²) in [6.07, 6.45) is 1.91. The van der Waals surface area contributed by atoms with Crippen LogP contribution in [0.3, 0.4) is 0 Å². The molecule has 2 heterocycles. The quantitative estimate of drug-likeness (QED) is 0.781. The van der Waals surface area contributed by atoms with E-state index in [0.717, 1.165) is 21.7 Å². The lowest BCUT2D eigenvalue weighted by Gasteiger charge is -2.02. The smallest absolute Gasteiger partial charge is 0.153 e. The number of aromatic nitrogens is 3. The molecule has 2 aromatic heterocycles. The molecule has 0 N–H and O–H groups in total. The summed E-state index contributed by atoms with van der Waals surface area (Å²) >= 11 is 3.41. The molecule has 2 aromatic rings. The van der Waals surface area contributed by atoms with Gasteiger partial charge in [0, 0.05) is 10.7 Å². The zero-order chi connectivity index (χ0) is 10.1. The van der Waals surface area contributed by atoms with Crippen LogP contribution in [0.4, 0.5) is 0 Å². The van der Waals surface area contributed by atoms with Crippen LogP contribution in [0.5, 0.6) is 0 Å². The van der Waals surface area contributed by atoms with Gasteiger partial charge in [0.2, 0.25) is 0 Å². The first kappa shape index (κ1) is 9.40. The van der Waals surface area contributed by atoms with Crippen molar-refractivity contribution >= 4 is 15.9 Å². The van der Waals surface area contributed by atoms with Crippen LogP contribution in [0.25, 0.3) is 5.82 Å². The predicted octanol–water partition coefficient (Wildman–Crippen LogP) is 2.65. The van der Waals surface area contributed by atoms with E-state index in [1.165, 1.54) is 0 Å². The van der Waals surface area contributed by atoms with Crippen molar-refractivity contribution in [3.63, 3.8) is 0 Å². The summed E-state index contributed by atoms with van der Waals surface area (Å²) in [5.74, 6) is 0.846. The normalized spacial score (nSPS) is 10.5. The molecule has 0 radical (unpaired) electrons. The fourth-order valence-electron chi connectivity index (χ4n) is 1.20. The zero-order valence-corrected chi connectivity index (χ0v) is 9.62. The number of pyridine rings is 1. The molecule has 0 unspecified atom stereocenters. The molecule has 3 nitrogen and oxygen atoms in total. The van der Waals surface area contributed by atoms with Crippen molar-refractivity contribution < 1.29 is 0 Å². The van der Waals surface area contributed by atoms with Crippen LogP contribution in [0.2, 0.25) is 0 Å². The van der Waals surface area contributed by atoms with Gasteiger partial charge in [-0.1, -0.05) is 0 Å². The minimum absolute atomic E-state index is 0.846. The van der Waals surface area contributed by atoms with Crippen LogP contribution in [0.1, 0.15) is 11.4 Å². The Morgan fingerprint density at radius 2 is 2.00 bits per heavy atom. The molecule has 14 heavy (non-hydrogen) atoms. The first-order chi connectivity index (χ1) is 6.66. The van der Waals surface area contributed by atoms with Crippen LogP contribution in [0, 0.1) is 13.8 Å². The summed E-state index contributed by atoms with van der Waals surface area (Å²) < 4.78 is 2.79. The van der Waals surface area contributed by atoms with E-state index in [1.807, 2.05) is 38.2 Å². The van der Waals surface area contributed by atoms with Crippen LogP contribution in [-0.2, 0) is 0 Å². The molecule has 0 spiro atoms. The van der Waals surface area contributed by atoms with Gasteiger partial charge in [-0.15, -0.1) is 0 Å². The van der Waals surface area contributed by atoms with Gasteiger partial charge in [-0.2, -0.15) is 5.10 Å². The summed E-state index contributed by atoms with van der Waals surface area (Å²) in [6, 6.07) is 5.87. The fraction of sp³-hybridized carbons (Fsp3) is 0.200. The highest BCUT2D eigenvalue weighted by atomic mass is 79.9. The Balaban J connectivity index is 2.47. The van der Waals surface area contributed by atoms with Crippen molar-refractivity contribution in [2.75, 3.05) is 0 Å². The van der Waals surface area contributed by atoms with Crippen molar-refractivity contribution in [1.29, 1.82) is 0 Å². The number of aryl methyl sites for hydroxylation is 2. The molecule has 0 fully saturated rings. The van der Waals surface area contributed by atoms with E-state index >= 15 is 0 Å². The fourth-order valence-corrected chi connectivity index (χ4v) is 1.42. The van der Waals surface area contributed by atoms with Crippen molar-refractivity contribution in [2.45, 2.75) is 13.8 Å². The van der Waals surface area contributed by atoms with Gasteiger partial charge in [-0.3, -0.25) is 0 Å². The van der Waals surface area contributed by atoms with E-state index in [-0.39, 0.29) is 0 Å². The van der Waals surface area contributed by atoms with Crippen molar-refractivity contribution in [2.24, 2.45) is 0 Å². The molecule has 0 aliphatic rings. The molecule has 72 valence electrons. The lowest BCUT2D eigenvalue weighted by atomic mass is 10.4. The lowest BCUT2D eigenvalue weighted by molar-refractivity contribution is 0.826. The maximum Gasteiger partial charge on any atom is 0.153 e. The van der Waals surface area contributed by atoms with Gasteiger partial charge in [-0.05, 0) is 48.0 Å². The van der Waals surface area contributed by atoms with Crippen molar-refractivity contribution in [3.8, 4) is 5.82 Å².